The molecule has 2 aromatic rings. The molecule has 2 fully saturated rings. The molecule has 4 rings (SSSR count). The first-order valence-corrected chi connectivity index (χ1v) is 10.0. The van der Waals surface area contributed by atoms with Gasteiger partial charge in [-0.1, -0.05) is 18.2 Å². The molecule has 0 spiro atoms. The van der Waals surface area contributed by atoms with Crippen LogP contribution in [0, 0.1) is 5.92 Å². The molecule has 2 aromatic carbocycles. The fourth-order valence-corrected chi connectivity index (χ4v) is 4.13. The van der Waals surface area contributed by atoms with Gasteiger partial charge in [0, 0.05) is 44.8 Å². The highest BCUT2D eigenvalue weighted by molar-refractivity contribution is 6.00. The number of amides is 2. The second-order valence-corrected chi connectivity index (χ2v) is 7.75. The van der Waals surface area contributed by atoms with Crippen LogP contribution in [0.4, 0.5) is 24.5 Å². The number of carbonyl (C=O) groups is 2. The molecule has 0 radical (unpaired) electrons. The van der Waals surface area contributed by atoms with Gasteiger partial charge < -0.3 is 19.8 Å². The molecule has 1 unspecified atom stereocenters. The Morgan fingerprint density at radius 3 is 2.39 bits per heavy atom. The number of phenolic OH excluding ortho intramolecular Hbond substituents is 1. The Balaban J connectivity index is 1.40. The van der Waals surface area contributed by atoms with E-state index in [1.165, 1.54) is 17.0 Å². The summed E-state index contributed by atoms with van der Waals surface area (Å²) in [5.74, 6) is -0.926. The van der Waals surface area contributed by atoms with Crippen LogP contribution in [-0.2, 0) is 15.8 Å². The molecule has 9 heteroatoms. The van der Waals surface area contributed by atoms with Crippen LogP contribution in [0.3, 0.4) is 0 Å². The third kappa shape index (κ3) is 4.30. The minimum Gasteiger partial charge on any atom is -0.506 e. The van der Waals surface area contributed by atoms with Crippen molar-refractivity contribution in [3.8, 4) is 5.75 Å². The van der Waals surface area contributed by atoms with Crippen molar-refractivity contribution in [2.75, 3.05) is 42.5 Å². The number of aromatic hydroxyl groups is 1. The number of carbonyl (C=O) groups excluding carboxylic acids is 2. The van der Waals surface area contributed by atoms with E-state index in [1.807, 2.05) is 17.0 Å². The van der Waals surface area contributed by atoms with Gasteiger partial charge in [-0.05, 0) is 30.3 Å². The lowest BCUT2D eigenvalue weighted by Gasteiger charge is -2.37. The highest BCUT2D eigenvalue weighted by atomic mass is 19.4. The molecule has 2 aliphatic rings. The lowest BCUT2D eigenvalue weighted by Crippen LogP contribution is -2.50. The van der Waals surface area contributed by atoms with Crippen molar-refractivity contribution in [3.05, 3.63) is 54.1 Å². The van der Waals surface area contributed by atoms with E-state index in [0.29, 0.717) is 31.9 Å². The van der Waals surface area contributed by atoms with Crippen LogP contribution in [0.2, 0.25) is 0 Å². The summed E-state index contributed by atoms with van der Waals surface area (Å²) in [6.45, 7) is 2.05. The molecule has 2 aliphatic heterocycles. The van der Waals surface area contributed by atoms with Crippen molar-refractivity contribution in [1.29, 1.82) is 0 Å². The summed E-state index contributed by atoms with van der Waals surface area (Å²) in [5.41, 5.74) is 0.0359. The Morgan fingerprint density at radius 1 is 1.00 bits per heavy atom. The van der Waals surface area contributed by atoms with Crippen molar-refractivity contribution >= 4 is 23.2 Å². The van der Waals surface area contributed by atoms with Crippen LogP contribution in [0.1, 0.15) is 12.0 Å². The van der Waals surface area contributed by atoms with Crippen LogP contribution < -0.4 is 9.80 Å². The molecule has 31 heavy (non-hydrogen) atoms. The Labute approximate surface area is 177 Å². The van der Waals surface area contributed by atoms with E-state index in [-0.39, 0.29) is 36.2 Å². The number of alkyl halides is 3. The summed E-state index contributed by atoms with van der Waals surface area (Å²) in [6, 6.07) is 11.6. The molecular formula is C22H22F3N3O3. The number of halogens is 3. The molecule has 2 saturated heterocycles. The Morgan fingerprint density at radius 2 is 1.71 bits per heavy atom. The van der Waals surface area contributed by atoms with Crippen LogP contribution in [-0.4, -0.2) is 54.5 Å². The number of anilines is 2. The number of piperazine rings is 1. The summed E-state index contributed by atoms with van der Waals surface area (Å²) in [7, 11) is 0. The second kappa shape index (κ2) is 8.13. The van der Waals surface area contributed by atoms with Gasteiger partial charge in [0.15, 0.2) is 0 Å². The molecule has 0 aliphatic carbocycles. The first kappa shape index (κ1) is 21.0. The maximum absolute atomic E-state index is 13.0. The minimum atomic E-state index is -4.50. The fourth-order valence-electron chi connectivity index (χ4n) is 4.13. The summed E-state index contributed by atoms with van der Waals surface area (Å²) < 4.78 is 39.0. The van der Waals surface area contributed by atoms with Gasteiger partial charge in [0.05, 0.1) is 17.2 Å². The van der Waals surface area contributed by atoms with Gasteiger partial charge in [0.25, 0.3) is 0 Å². The number of hydrogen-bond donors (Lipinski definition) is 1. The predicted molar refractivity (Wildman–Crippen MR) is 109 cm³/mol. The molecular weight excluding hydrogens is 411 g/mol. The molecule has 164 valence electrons. The lowest BCUT2D eigenvalue weighted by atomic mass is 10.1. The topological polar surface area (TPSA) is 64.1 Å². The van der Waals surface area contributed by atoms with Gasteiger partial charge in [0.1, 0.15) is 5.75 Å². The molecule has 6 nitrogen and oxygen atoms in total. The van der Waals surface area contributed by atoms with Crippen LogP contribution in [0.25, 0.3) is 0 Å². The van der Waals surface area contributed by atoms with Gasteiger partial charge in [-0.25, -0.2) is 0 Å². The average molecular weight is 433 g/mol. The van der Waals surface area contributed by atoms with E-state index in [0.717, 1.165) is 12.1 Å². The summed E-state index contributed by atoms with van der Waals surface area (Å²) in [5, 5.41) is 10.0. The van der Waals surface area contributed by atoms with Crippen molar-refractivity contribution in [2.24, 2.45) is 5.92 Å². The van der Waals surface area contributed by atoms with Crippen molar-refractivity contribution in [2.45, 2.75) is 12.6 Å². The number of benzene rings is 2. The van der Waals surface area contributed by atoms with Crippen molar-refractivity contribution in [1.82, 2.24) is 4.90 Å². The van der Waals surface area contributed by atoms with Crippen LogP contribution in [0.15, 0.2) is 48.5 Å². The monoisotopic (exact) mass is 433 g/mol. The molecule has 0 bridgehead atoms. The van der Waals surface area contributed by atoms with E-state index in [1.54, 1.807) is 17.0 Å². The first-order chi connectivity index (χ1) is 14.7. The average Bonchev–Trinajstić information content (AvgIpc) is 3.15. The van der Waals surface area contributed by atoms with E-state index < -0.39 is 17.7 Å². The lowest BCUT2D eigenvalue weighted by molar-refractivity contribution is -0.137. The fraction of sp³-hybridized carbons (Fsp3) is 0.364. The molecule has 0 saturated carbocycles. The summed E-state index contributed by atoms with van der Waals surface area (Å²) in [6.07, 6.45) is -4.52. The zero-order chi connectivity index (χ0) is 22.2. The summed E-state index contributed by atoms with van der Waals surface area (Å²) in [4.78, 5) is 30.3. The van der Waals surface area contributed by atoms with Crippen molar-refractivity contribution in [3.63, 3.8) is 0 Å². The zero-order valence-electron chi connectivity index (χ0n) is 16.7. The molecule has 2 amide bonds. The number of phenols is 1. The van der Waals surface area contributed by atoms with Gasteiger partial charge in [-0.2, -0.15) is 13.2 Å². The molecule has 0 aromatic heterocycles. The SMILES string of the molecule is O=C(C1CC(=O)N(c2cccc(C(F)(F)F)c2)C1)N1CCN(c2ccccc2O)CC1. The Hall–Kier alpha value is -3.23. The smallest absolute Gasteiger partial charge is 0.416 e. The van der Waals surface area contributed by atoms with Crippen LogP contribution >= 0.6 is 0 Å². The largest absolute Gasteiger partial charge is 0.506 e. The third-order valence-corrected chi connectivity index (χ3v) is 5.77. The normalized spacial score (nSPS) is 19.8. The number of rotatable bonds is 3. The zero-order valence-corrected chi connectivity index (χ0v) is 16.7. The second-order valence-electron chi connectivity index (χ2n) is 7.75. The standard InChI is InChI=1S/C22H22F3N3O3/c23-22(24,25)16-4-3-5-17(13-16)28-14-15(12-20(28)30)21(31)27-10-8-26(9-11-27)18-6-1-2-7-19(18)29/h1-7,13,15,29H,8-12,14H2. The quantitative estimate of drug-likeness (QED) is 0.808. The maximum Gasteiger partial charge on any atom is 0.416 e. The molecule has 1 N–H and O–H groups in total. The highest BCUT2D eigenvalue weighted by Crippen LogP contribution is 2.34. The van der Waals surface area contributed by atoms with Gasteiger partial charge in [-0.3, -0.25) is 9.59 Å². The van der Waals surface area contributed by atoms with Gasteiger partial charge in [0.2, 0.25) is 11.8 Å². The van der Waals surface area contributed by atoms with E-state index in [4.69, 9.17) is 0 Å². The predicted octanol–water partition coefficient (Wildman–Crippen LogP) is 3.11. The van der Waals surface area contributed by atoms with Gasteiger partial charge in [-0.15, -0.1) is 0 Å². The van der Waals surface area contributed by atoms with Gasteiger partial charge >= 0.3 is 6.18 Å². The minimum absolute atomic E-state index is 0.0191. The van der Waals surface area contributed by atoms with E-state index >= 15 is 0 Å². The Bertz CT molecular complexity index is 987. The highest BCUT2D eigenvalue weighted by Gasteiger charge is 2.39. The third-order valence-electron chi connectivity index (χ3n) is 5.77. The number of nitrogens with zero attached hydrogens (tertiary/aromatic N) is 3. The Kier molecular flexibility index (Phi) is 5.51. The number of para-hydroxylation sites is 2. The molecule has 1 atom stereocenters. The van der Waals surface area contributed by atoms with Crippen LogP contribution in [0.5, 0.6) is 5.75 Å². The summed E-state index contributed by atoms with van der Waals surface area (Å²) >= 11 is 0. The van der Waals surface area contributed by atoms with E-state index in [9.17, 15) is 27.9 Å². The first-order valence-electron chi connectivity index (χ1n) is 10.0. The van der Waals surface area contributed by atoms with Crippen molar-refractivity contribution < 1.29 is 27.9 Å². The number of hydrogen-bond acceptors (Lipinski definition) is 4. The maximum atomic E-state index is 13.0. The molecule has 2 heterocycles. The van der Waals surface area contributed by atoms with E-state index in [2.05, 4.69) is 0 Å².